The zero-order chi connectivity index (χ0) is 20.1. The van der Waals surface area contributed by atoms with Crippen molar-refractivity contribution in [3.8, 4) is 17.2 Å². The van der Waals surface area contributed by atoms with Crippen molar-refractivity contribution < 1.29 is 9.47 Å². The van der Waals surface area contributed by atoms with E-state index in [1.165, 1.54) is 11.1 Å². The molecule has 0 unspecified atom stereocenters. The number of rotatable bonds is 7. The lowest BCUT2D eigenvalue weighted by Gasteiger charge is -2.34. The maximum Gasteiger partial charge on any atom is 0.123 e. The van der Waals surface area contributed by atoms with Crippen molar-refractivity contribution in [1.29, 1.82) is 0 Å². The predicted molar refractivity (Wildman–Crippen MR) is 114 cm³/mol. The molecule has 0 spiro atoms. The van der Waals surface area contributed by atoms with Gasteiger partial charge in [-0.2, -0.15) is 5.10 Å². The third-order valence-corrected chi connectivity index (χ3v) is 5.41. The molecular weight excluding hydrogens is 364 g/mol. The molecule has 29 heavy (non-hydrogen) atoms. The van der Waals surface area contributed by atoms with Gasteiger partial charge in [-0.3, -0.25) is 9.80 Å². The van der Waals surface area contributed by atoms with Crippen LogP contribution in [0.15, 0.2) is 60.9 Å². The number of hydrogen-bond donors (Lipinski definition) is 0. The van der Waals surface area contributed by atoms with E-state index in [0.717, 1.165) is 56.5 Å². The van der Waals surface area contributed by atoms with Crippen molar-refractivity contribution in [2.75, 3.05) is 40.4 Å². The topological polar surface area (TPSA) is 42.8 Å². The van der Waals surface area contributed by atoms with Gasteiger partial charge in [0, 0.05) is 56.6 Å². The molecule has 1 fully saturated rings. The Kier molecular flexibility index (Phi) is 6.12. The summed E-state index contributed by atoms with van der Waals surface area (Å²) in [6.07, 6.45) is 4.10. The number of para-hydroxylation sites is 1. The van der Waals surface area contributed by atoms with Crippen LogP contribution in [-0.2, 0) is 13.1 Å². The zero-order valence-electron chi connectivity index (χ0n) is 17.1. The van der Waals surface area contributed by atoms with Crippen LogP contribution in [0.4, 0.5) is 0 Å². The van der Waals surface area contributed by atoms with E-state index in [2.05, 4.69) is 39.3 Å². The van der Waals surface area contributed by atoms with Gasteiger partial charge in [0.25, 0.3) is 0 Å². The first-order valence-corrected chi connectivity index (χ1v) is 10.00. The highest BCUT2D eigenvalue weighted by Gasteiger charge is 2.19. The molecule has 0 amide bonds. The number of piperazine rings is 1. The van der Waals surface area contributed by atoms with Gasteiger partial charge in [0.1, 0.15) is 11.5 Å². The van der Waals surface area contributed by atoms with Crippen molar-refractivity contribution in [2.45, 2.75) is 13.1 Å². The third-order valence-electron chi connectivity index (χ3n) is 5.41. The maximum absolute atomic E-state index is 5.52. The van der Waals surface area contributed by atoms with Crippen LogP contribution in [0.1, 0.15) is 11.1 Å². The lowest BCUT2D eigenvalue weighted by Crippen LogP contribution is -2.45. The first-order valence-electron chi connectivity index (χ1n) is 10.00. The van der Waals surface area contributed by atoms with Gasteiger partial charge in [-0.05, 0) is 30.3 Å². The van der Waals surface area contributed by atoms with E-state index < -0.39 is 0 Å². The summed E-state index contributed by atoms with van der Waals surface area (Å²) in [5, 5.41) is 4.51. The minimum atomic E-state index is 0.870. The van der Waals surface area contributed by atoms with E-state index in [1.54, 1.807) is 14.2 Å². The number of hydrogen-bond acceptors (Lipinski definition) is 5. The number of aromatic nitrogens is 2. The van der Waals surface area contributed by atoms with Gasteiger partial charge in [-0.15, -0.1) is 0 Å². The largest absolute Gasteiger partial charge is 0.497 e. The first kappa shape index (κ1) is 19.5. The monoisotopic (exact) mass is 392 g/mol. The molecule has 2 aromatic carbocycles. The predicted octanol–water partition coefficient (Wildman–Crippen LogP) is 3.21. The van der Waals surface area contributed by atoms with E-state index in [-0.39, 0.29) is 0 Å². The summed E-state index contributed by atoms with van der Waals surface area (Å²) in [5.74, 6) is 1.79. The summed E-state index contributed by atoms with van der Waals surface area (Å²) in [6.45, 7) is 5.97. The average molecular weight is 393 g/mol. The van der Waals surface area contributed by atoms with Crippen LogP contribution in [0.3, 0.4) is 0 Å². The van der Waals surface area contributed by atoms with Gasteiger partial charge in [0.05, 0.1) is 26.1 Å². The maximum atomic E-state index is 5.52. The highest BCUT2D eigenvalue weighted by Crippen LogP contribution is 2.25. The molecule has 1 saturated heterocycles. The van der Waals surface area contributed by atoms with Crippen molar-refractivity contribution in [3.63, 3.8) is 0 Å². The lowest BCUT2D eigenvalue weighted by atomic mass is 10.1. The van der Waals surface area contributed by atoms with Crippen molar-refractivity contribution in [3.05, 3.63) is 72.1 Å². The van der Waals surface area contributed by atoms with Gasteiger partial charge < -0.3 is 9.47 Å². The van der Waals surface area contributed by atoms with Crippen LogP contribution >= 0.6 is 0 Å². The molecule has 0 radical (unpaired) electrons. The molecule has 152 valence electrons. The molecule has 0 bridgehead atoms. The van der Waals surface area contributed by atoms with Crippen molar-refractivity contribution in [2.24, 2.45) is 0 Å². The normalized spacial score (nSPS) is 15.4. The Morgan fingerprint density at radius 1 is 0.862 bits per heavy atom. The van der Waals surface area contributed by atoms with Gasteiger partial charge >= 0.3 is 0 Å². The number of methoxy groups -OCH3 is 2. The summed E-state index contributed by atoms with van der Waals surface area (Å²) in [6, 6.07) is 16.2. The Balaban J connectivity index is 1.32. The Morgan fingerprint density at radius 2 is 1.59 bits per heavy atom. The zero-order valence-corrected chi connectivity index (χ0v) is 17.1. The van der Waals surface area contributed by atoms with E-state index >= 15 is 0 Å². The highest BCUT2D eigenvalue weighted by molar-refractivity contribution is 5.40. The summed E-state index contributed by atoms with van der Waals surface area (Å²) in [4.78, 5) is 4.97. The summed E-state index contributed by atoms with van der Waals surface area (Å²) in [5.41, 5.74) is 3.51. The third kappa shape index (κ3) is 4.78. The molecule has 0 atom stereocenters. The van der Waals surface area contributed by atoms with Gasteiger partial charge in [-0.1, -0.05) is 18.2 Å². The Labute approximate surface area is 172 Å². The molecule has 2 heterocycles. The molecular formula is C23H28N4O2. The molecule has 1 aromatic heterocycles. The number of benzene rings is 2. The fourth-order valence-electron chi connectivity index (χ4n) is 3.77. The van der Waals surface area contributed by atoms with Crippen LogP contribution in [0, 0.1) is 0 Å². The molecule has 3 aromatic rings. The molecule has 0 aliphatic carbocycles. The molecule has 1 aliphatic heterocycles. The lowest BCUT2D eigenvalue weighted by molar-refractivity contribution is 0.121. The molecule has 6 heteroatoms. The van der Waals surface area contributed by atoms with Gasteiger partial charge in [0.2, 0.25) is 0 Å². The fourth-order valence-corrected chi connectivity index (χ4v) is 3.77. The van der Waals surface area contributed by atoms with Gasteiger partial charge in [0.15, 0.2) is 0 Å². The quantitative estimate of drug-likeness (QED) is 0.618. The molecule has 6 nitrogen and oxygen atoms in total. The second kappa shape index (κ2) is 9.11. The SMILES string of the molecule is COc1ccc(OC)c(CN2CCN(Cc3cnn(-c4ccccc4)c3)CC2)c1. The smallest absolute Gasteiger partial charge is 0.123 e. The highest BCUT2D eigenvalue weighted by atomic mass is 16.5. The molecule has 0 N–H and O–H groups in total. The van der Waals surface area contributed by atoms with E-state index in [1.807, 2.05) is 41.2 Å². The standard InChI is InChI=1S/C23H28N4O2/c1-28-22-8-9-23(29-2)20(14-22)18-26-12-10-25(11-13-26)16-19-15-24-27(17-19)21-6-4-3-5-7-21/h3-9,14-15,17H,10-13,16,18H2,1-2H3. The van der Waals surface area contributed by atoms with E-state index in [4.69, 9.17) is 9.47 Å². The second-order valence-corrected chi connectivity index (χ2v) is 7.36. The Bertz CT molecular complexity index is 918. The van der Waals surface area contributed by atoms with Crippen LogP contribution in [0.25, 0.3) is 5.69 Å². The minimum Gasteiger partial charge on any atom is -0.497 e. The summed E-state index contributed by atoms with van der Waals surface area (Å²) >= 11 is 0. The molecule has 1 aliphatic rings. The number of ether oxygens (including phenoxy) is 2. The summed E-state index contributed by atoms with van der Waals surface area (Å²) in [7, 11) is 3.42. The van der Waals surface area contributed by atoms with Crippen molar-refractivity contribution >= 4 is 0 Å². The number of nitrogens with zero attached hydrogens (tertiary/aromatic N) is 4. The fraction of sp³-hybridized carbons (Fsp3) is 0.348. The Morgan fingerprint density at radius 3 is 2.28 bits per heavy atom. The van der Waals surface area contributed by atoms with Gasteiger partial charge in [-0.25, -0.2) is 4.68 Å². The average Bonchev–Trinajstić information content (AvgIpc) is 3.24. The van der Waals surface area contributed by atoms with Crippen LogP contribution < -0.4 is 9.47 Å². The van der Waals surface area contributed by atoms with Crippen LogP contribution in [0.5, 0.6) is 11.5 Å². The molecule has 4 rings (SSSR count). The van der Waals surface area contributed by atoms with Crippen LogP contribution in [0.2, 0.25) is 0 Å². The van der Waals surface area contributed by atoms with E-state index in [9.17, 15) is 0 Å². The summed E-state index contributed by atoms with van der Waals surface area (Å²) < 4.78 is 12.8. The second-order valence-electron chi connectivity index (χ2n) is 7.36. The first-order chi connectivity index (χ1) is 14.2. The minimum absolute atomic E-state index is 0.870. The van der Waals surface area contributed by atoms with Crippen molar-refractivity contribution in [1.82, 2.24) is 19.6 Å². The molecule has 0 saturated carbocycles. The Hall–Kier alpha value is -2.83. The van der Waals surface area contributed by atoms with Crippen LogP contribution in [-0.4, -0.2) is 60.0 Å². The van der Waals surface area contributed by atoms with E-state index in [0.29, 0.717) is 0 Å².